The molecule has 1 aliphatic rings. The number of quaternary nitrogens is 2. The third-order valence-corrected chi connectivity index (χ3v) is 3.59. The average Bonchev–Trinajstić information content (AvgIpc) is 2.12. The lowest BCUT2D eigenvalue weighted by Gasteiger charge is -2.37. The van der Waals surface area contributed by atoms with E-state index in [0.717, 1.165) is 27.8 Å². The smallest absolute Gasteiger partial charge is 0.0863 e. The Morgan fingerprint density at radius 2 is 1.33 bits per heavy atom. The number of oxime groups is 1. The van der Waals surface area contributed by atoms with Crippen molar-refractivity contribution in [3.8, 4) is 0 Å². The third kappa shape index (κ3) is 4.94. The first-order chi connectivity index (χ1) is 8.12. The third-order valence-electron chi connectivity index (χ3n) is 3.59. The van der Waals surface area contributed by atoms with Gasteiger partial charge in [0.25, 0.3) is 0 Å². The highest BCUT2D eigenvalue weighted by Gasteiger charge is 2.35. The average molecular weight is 257 g/mol. The lowest BCUT2D eigenvalue weighted by atomic mass is 9.78. The Morgan fingerprint density at radius 3 is 1.61 bits per heavy atom. The Kier molecular flexibility index (Phi) is 4.78. The summed E-state index contributed by atoms with van der Waals surface area (Å²) in [6.45, 7) is 2.13. The minimum absolute atomic E-state index is 0.445. The molecule has 0 aromatic carbocycles. The van der Waals surface area contributed by atoms with Crippen LogP contribution in [0.1, 0.15) is 19.3 Å². The van der Waals surface area contributed by atoms with Crippen molar-refractivity contribution >= 4 is 5.71 Å². The molecular weight excluding hydrogens is 226 g/mol. The van der Waals surface area contributed by atoms with Gasteiger partial charge in [0.1, 0.15) is 0 Å². The van der Waals surface area contributed by atoms with E-state index in [9.17, 15) is 5.21 Å². The van der Waals surface area contributed by atoms with Gasteiger partial charge in [-0.1, -0.05) is 11.6 Å². The van der Waals surface area contributed by atoms with Crippen LogP contribution in [0.25, 0.3) is 0 Å². The Hall–Kier alpha value is -0.610. The first kappa shape index (κ1) is 15.4. The Bertz CT molecular complexity index is 273. The zero-order chi connectivity index (χ0) is 14.0. The van der Waals surface area contributed by atoms with E-state index < -0.39 is 0 Å². The van der Waals surface area contributed by atoms with Gasteiger partial charge in [0.05, 0.1) is 72.9 Å². The number of hydrogen-bond donors (Lipinski definition) is 1. The van der Waals surface area contributed by atoms with Crippen molar-refractivity contribution in [3.05, 3.63) is 0 Å². The van der Waals surface area contributed by atoms with Crippen LogP contribution in [-0.4, -0.2) is 75.3 Å². The second-order valence-electron chi connectivity index (χ2n) is 7.80. The van der Waals surface area contributed by atoms with Gasteiger partial charge < -0.3 is 14.2 Å². The highest BCUT2D eigenvalue weighted by molar-refractivity contribution is 5.89. The SMILES string of the molecule is C[N+](C)(C)C[C@@H]1CCC[C@@H](C[N+](C)(C)C)C1=NO. The van der Waals surface area contributed by atoms with Crippen molar-refractivity contribution in [3.63, 3.8) is 0 Å². The van der Waals surface area contributed by atoms with Crippen LogP contribution >= 0.6 is 0 Å². The van der Waals surface area contributed by atoms with Crippen LogP contribution in [0, 0.1) is 11.8 Å². The number of rotatable bonds is 4. The molecule has 0 aromatic heterocycles. The molecule has 106 valence electrons. The molecule has 0 saturated heterocycles. The van der Waals surface area contributed by atoms with E-state index in [1.807, 2.05) is 0 Å². The highest BCUT2D eigenvalue weighted by atomic mass is 16.4. The van der Waals surface area contributed by atoms with Gasteiger partial charge in [-0.3, -0.25) is 0 Å². The molecule has 1 saturated carbocycles. The molecular formula is C14H31N3O+2. The standard InChI is InChI=1S/C14H30N3O/c1-16(2,3)10-12-8-7-9-13(14(12)15-18)11-17(4,5)6/h12-13H,7-11H2,1-6H3/q+1/p+1/t12-,13-/m0/s1. The van der Waals surface area contributed by atoms with Crippen molar-refractivity contribution in [1.29, 1.82) is 0 Å². The van der Waals surface area contributed by atoms with Gasteiger partial charge in [-0.15, -0.1) is 0 Å². The zero-order valence-corrected chi connectivity index (χ0v) is 13.0. The Labute approximate surface area is 112 Å². The van der Waals surface area contributed by atoms with Crippen LogP contribution < -0.4 is 0 Å². The lowest BCUT2D eigenvalue weighted by Crippen LogP contribution is -2.48. The molecule has 0 amide bonds. The van der Waals surface area contributed by atoms with Gasteiger partial charge in [-0.25, -0.2) is 0 Å². The highest BCUT2D eigenvalue weighted by Crippen LogP contribution is 2.29. The Balaban J connectivity index is 2.77. The van der Waals surface area contributed by atoms with E-state index in [1.165, 1.54) is 19.3 Å². The molecule has 0 aliphatic heterocycles. The van der Waals surface area contributed by atoms with E-state index in [4.69, 9.17) is 0 Å². The molecule has 1 fully saturated rings. The second-order valence-corrected chi connectivity index (χ2v) is 7.80. The molecule has 0 spiro atoms. The summed E-state index contributed by atoms with van der Waals surface area (Å²) in [5.41, 5.74) is 1.04. The van der Waals surface area contributed by atoms with Gasteiger partial charge >= 0.3 is 0 Å². The van der Waals surface area contributed by atoms with Crippen LogP contribution in [-0.2, 0) is 0 Å². The summed E-state index contributed by atoms with van der Waals surface area (Å²) < 4.78 is 1.86. The molecule has 4 heteroatoms. The maximum atomic E-state index is 9.40. The van der Waals surface area contributed by atoms with E-state index in [2.05, 4.69) is 47.4 Å². The van der Waals surface area contributed by atoms with Crippen LogP contribution in [0.15, 0.2) is 5.16 Å². The molecule has 4 nitrogen and oxygen atoms in total. The summed E-state index contributed by atoms with van der Waals surface area (Å²) in [7, 11) is 13.2. The molecule has 1 rings (SSSR count). The largest absolute Gasteiger partial charge is 0.411 e. The first-order valence-electron chi connectivity index (χ1n) is 6.95. The van der Waals surface area contributed by atoms with E-state index in [0.29, 0.717) is 11.8 Å². The van der Waals surface area contributed by atoms with Crippen LogP contribution in [0.4, 0.5) is 0 Å². The summed E-state index contributed by atoms with van der Waals surface area (Å²) in [6, 6.07) is 0. The fourth-order valence-electron chi connectivity index (χ4n) is 3.10. The summed E-state index contributed by atoms with van der Waals surface area (Å²) in [6.07, 6.45) is 3.60. The molecule has 0 bridgehead atoms. The molecule has 0 heterocycles. The second kappa shape index (κ2) is 5.57. The van der Waals surface area contributed by atoms with Crippen molar-refractivity contribution in [2.24, 2.45) is 17.0 Å². The molecule has 0 radical (unpaired) electrons. The van der Waals surface area contributed by atoms with E-state index in [-0.39, 0.29) is 0 Å². The van der Waals surface area contributed by atoms with E-state index in [1.54, 1.807) is 0 Å². The quantitative estimate of drug-likeness (QED) is 0.463. The van der Waals surface area contributed by atoms with Gasteiger partial charge in [0.2, 0.25) is 0 Å². The molecule has 1 N–H and O–H groups in total. The van der Waals surface area contributed by atoms with Crippen molar-refractivity contribution in [1.82, 2.24) is 0 Å². The minimum atomic E-state index is 0.445. The molecule has 0 unspecified atom stereocenters. The summed E-state index contributed by atoms with van der Waals surface area (Å²) in [5, 5.41) is 13.1. The fourth-order valence-corrected chi connectivity index (χ4v) is 3.10. The summed E-state index contributed by atoms with van der Waals surface area (Å²) in [5.74, 6) is 0.889. The van der Waals surface area contributed by atoms with Gasteiger partial charge in [0, 0.05) is 0 Å². The van der Waals surface area contributed by atoms with Crippen LogP contribution in [0.5, 0.6) is 0 Å². The van der Waals surface area contributed by atoms with Crippen LogP contribution in [0.2, 0.25) is 0 Å². The van der Waals surface area contributed by atoms with Gasteiger partial charge in [0.15, 0.2) is 0 Å². The normalized spacial score (nSPS) is 26.2. The molecule has 1 aliphatic carbocycles. The summed E-state index contributed by atoms with van der Waals surface area (Å²) in [4.78, 5) is 0. The van der Waals surface area contributed by atoms with E-state index >= 15 is 0 Å². The maximum absolute atomic E-state index is 9.40. The fraction of sp³-hybridized carbons (Fsp3) is 0.929. The minimum Gasteiger partial charge on any atom is -0.411 e. The predicted octanol–water partition coefficient (Wildman–Crippen LogP) is 1.65. The van der Waals surface area contributed by atoms with Crippen molar-refractivity contribution in [2.75, 3.05) is 55.4 Å². The predicted molar refractivity (Wildman–Crippen MR) is 75.9 cm³/mol. The first-order valence-corrected chi connectivity index (χ1v) is 6.95. The molecule has 0 aromatic rings. The Morgan fingerprint density at radius 1 is 0.944 bits per heavy atom. The number of hydrogen-bond acceptors (Lipinski definition) is 2. The zero-order valence-electron chi connectivity index (χ0n) is 13.0. The monoisotopic (exact) mass is 257 g/mol. The van der Waals surface area contributed by atoms with Gasteiger partial charge in [-0.2, -0.15) is 0 Å². The number of nitrogens with zero attached hydrogens (tertiary/aromatic N) is 3. The van der Waals surface area contributed by atoms with Crippen molar-refractivity contribution < 1.29 is 14.2 Å². The molecule has 2 atom stereocenters. The maximum Gasteiger partial charge on any atom is 0.0863 e. The summed E-state index contributed by atoms with van der Waals surface area (Å²) >= 11 is 0. The lowest BCUT2D eigenvalue weighted by molar-refractivity contribution is -0.874. The van der Waals surface area contributed by atoms with Gasteiger partial charge in [-0.05, 0) is 12.8 Å². The topological polar surface area (TPSA) is 32.6 Å². The van der Waals surface area contributed by atoms with Crippen molar-refractivity contribution in [2.45, 2.75) is 19.3 Å². The molecule has 18 heavy (non-hydrogen) atoms. The van der Waals surface area contributed by atoms with Crippen LogP contribution in [0.3, 0.4) is 0 Å².